The Morgan fingerprint density at radius 2 is 1.88 bits per heavy atom. The summed E-state index contributed by atoms with van der Waals surface area (Å²) in [6, 6.07) is 5.52. The summed E-state index contributed by atoms with van der Waals surface area (Å²) >= 11 is 0. The number of nitrogens with zero attached hydrogens (tertiary/aromatic N) is 2. The van der Waals surface area contributed by atoms with E-state index in [1.165, 1.54) is 43.2 Å². The maximum absolute atomic E-state index is 13.1. The van der Waals surface area contributed by atoms with Gasteiger partial charge >= 0.3 is 0 Å². The number of likely N-dealkylation sites (tertiary alicyclic amines) is 1. The van der Waals surface area contributed by atoms with Crippen LogP contribution in [0.25, 0.3) is 11.5 Å². The first-order valence-electron chi connectivity index (χ1n) is 8.65. The number of allylic oxidation sites excluding steroid dienone is 2. The molecular weight excluding hydrogens is 337 g/mol. The third-order valence-electron chi connectivity index (χ3n) is 4.62. The van der Waals surface area contributed by atoms with E-state index < -0.39 is 0 Å². The van der Waals surface area contributed by atoms with E-state index in [1.807, 2.05) is 0 Å². The standard InChI is InChI=1S/C19H18FN3O3/c20-13-5-3-12(4-6-13)19-22-16-15(24)11-14(17(25)18(16)26-19)21-7-10-23-8-1-2-9-23/h3-6,11,21H,1-2,7-10H2. The lowest BCUT2D eigenvalue weighted by molar-refractivity contribution is 0.0956. The highest BCUT2D eigenvalue weighted by Crippen LogP contribution is 2.27. The number of halogens is 1. The van der Waals surface area contributed by atoms with Gasteiger partial charge in [-0.3, -0.25) is 9.59 Å². The van der Waals surface area contributed by atoms with Crippen LogP contribution in [0.2, 0.25) is 0 Å². The summed E-state index contributed by atoms with van der Waals surface area (Å²) in [5, 5.41) is 3.04. The molecule has 1 aliphatic heterocycles. The summed E-state index contributed by atoms with van der Waals surface area (Å²) in [6.45, 7) is 3.55. The molecule has 6 nitrogen and oxygen atoms in total. The quantitative estimate of drug-likeness (QED) is 0.888. The van der Waals surface area contributed by atoms with Crippen LogP contribution < -0.4 is 5.32 Å². The minimum atomic E-state index is -0.387. The van der Waals surface area contributed by atoms with Gasteiger partial charge in [0, 0.05) is 24.7 Å². The summed E-state index contributed by atoms with van der Waals surface area (Å²) in [5.74, 6) is -1.09. The van der Waals surface area contributed by atoms with Crippen molar-refractivity contribution in [2.24, 2.45) is 0 Å². The van der Waals surface area contributed by atoms with Gasteiger partial charge in [-0.2, -0.15) is 0 Å². The normalized spacial score (nSPS) is 17.3. The van der Waals surface area contributed by atoms with E-state index in [4.69, 9.17) is 4.42 Å². The molecule has 134 valence electrons. The monoisotopic (exact) mass is 355 g/mol. The molecule has 1 aliphatic carbocycles. The number of carbonyl (C=O) groups is 2. The smallest absolute Gasteiger partial charge is 0.246 e. The van der Waals surface area contributed by atoms with Gasteiger partial charge in [-0.25, -0.2) is 9.37 Å². The molecule has 0 bridgehead atoms. The molecule has 0 unspecified atom stereocenters. The number of hydrogen-bond donors (Lipinski definition) is 1. The summed E-state index contributed by atoms with van der Waals surface area (Å²) in [6.07, 6.45) is 3.67. The lowest BCUT2D eigenvalue weighted by atomic mass is 10.0. The molecule has 2 heterocycles. The van der Waals surface area contributed by atoms with Crippen molar-refractivity contribution in [2.45, 2.75) is 12.8 Å². The number of oxazole rings is 1. The van der Waals surface area contributed by atoms with Gasteiger partial charge in [0.15, 0.2) is 5.69 Å². The molecule has 1 N–H and O–H groups in total. The molecule has 26 heavy (non-hydrogen) atoms. The number of Topliss-reactive ketones (excluding diaryl/α,β-unsaturated/α-hetero) is 1. The van der Waals surface area contributed by atoms with Crippen molar-refractivity contribution < 1.29 is 18.4 Å². The van der Waals surface area contributed by atoms with E-state index in [0.29, 0.717) is 12.1 Å². The SMILES string of the molecule is O=C1C=C(NCCN2CCCC2)C(=O)c2oc(-c3ccc(F)cc3)nc21. The molecule has 1 aromatic carbocycles. The zero-order valence-corrected chi connectivity index (χ0v) is 14.1. The second-order valence-corrected chi connectivity index (χ2v) is 6.43. The third kappa shape index (κ3) is 3.17. The van der Waals surface area contributed by atoms with Crippen molar-refractivity contribution in [3.63, 3.8) is 0 Å². The summed E-state index contributed by atoms with van der Waals surface area (Å²) < 4.78 is 18.6. The van der Waals surface area contributed by atoms with Crippen LogP contribution in [-0.4, -0.2) is 47.6 Å². The topological polar surface area (TPSA) is 75.4 Å². The van der Waals surface area contributed by atoms with Gasteiger partial charge in [0.05, 0.1) is 5.70 Å². The first kappa shape index (κ1) is 16.7. The molecule has 4 rings (SSSR count). The Morgan fingerprint density at radius 1 is 1.15 bits per heavy atom. The third-order valence-corrected chi connectivity index (χ3v) is 4.62. The Hall–Kier alpha value is -2.80. The Morgan fingerprint density at radius 3 is 2.62 bits per heavy atom. The van der Waals surface area contributed by atoms with Gasteiger partial charge < -0.3 is 14.6 Å². The molecule has 2 aromatic rings. The van der Waals surface area contributed by atoms with Crippen LogP contribution in [0.1, 0.15) is 33.9 Å². The predicted octanol–water partition coefficient (Wildman–Crippen LogP) is 2.43. The molecular formula is C19H18FN3O3. The average Bonchev–Trinajstić information content (AvgIpc) is 3.30. The van der Waals surface area contributed by atoms with Crippen molar-refractivity contribution in [1.29, 1.82) is 0 Å². The number of rotatable bonds is 5. The second-order valence-electron chi connectivity index (χ2n) is 6.43. The van der Waals surface area contributed by atoms with Crippen molar-refractivity contribution in [1.82, 2.24) is 15.2 Å². The molecule has 0 saturated carbocycles. The maximum Gasteiger partial charge on any atom is 0.246 e. The zero-order chi connectivity index (χ0) is 18.1. The molecule has 1 aromatic heterocycles. The predicted molar refractivity (Wildman–Crippen MR) is 92.3 cm³/mol. The number of fused-ring (bicyclic) bond motifs is 1. The number of carbonyl (C=O) groups excluding carboxylic acids is 2. The minimum Gasteiger partial charge on any atom is -0.432 e. The molecule has 1 fully saturated rings. The fourth-order valence-corrected chi connectivity index (χ4v) is 3.23. The molecule has 0 atom stereocenters. The van der Waals surface area contributed by atoms with E-state index in [9.17, 15) is 14.0 Å². The first-order chi connectivity index (χ1) is 12.6. The van der Waals surface area contributed by atoms with Gasteiger partial charge in [0.1, 0.15) is 5.82 Å². The molecule has 2 aliphatic rings. The number of benzene rings is 1. The van der Waals surface area contributed by atoms with Crippen LogP contribution in [0.15, 0.2) is 40.5 Å². The summed E-state index contributed by atoms with van der Waals surface area (Å²) in [5.41, 5.74) is 0.730. The summed E-state index contributed by atoms with van der Waals surface area (Å²) in [4.78, 5) is 31.3. The van der Waals surface area contributed by atoms with E-state index in [2.05, 4.69) is 15.2 Å². The van der Waals surface area contributed by atoms with Crippen molar-refractivity contribution in [2.75, 3.05) is 26.2 Å². The molecule has 1 saturated heterocycles. The van der Waals surface area contributed by atoms with Gasteiger partial charge in [0.25, 0.3) is 0 Å². The summed E-state index contributed by atoms with van der Waals surface area (Å²) in [7, 11) is 0. The van der Waals surface area contributed by atoms with E-state index in [0.717, 1.165) is 19.6 Å². The van der Waals surface area contributed by atoms with Crippen molar-refractivity contribution >= 4 is 11.6 Å². The molecule has 0 radical (unpaired) electrons. The Labute approximate surface area is 149 Å². The highest BCUT2D eigenvalue weighted by atomic mass is 19.1. The number of ketones is 2. The minimum absolute atomic E-state index is 0.000539. The fraction of sp³-hybridized carbons (Fsp3) is 0.316. The number of aromatic nitrogens is 1. The molecule has 7 heteroatoms. The van der Waals surface area contributed by atoms with Crippen molar-refractivity contribution in [3.8, 4) is 11.5 Å². The fourth-order valence-electron chi connectivity index (χ4n) is 3.23. The van der Waals surface area contributed by atoms with Crippen molar-refractivity contribution in [3.05, 3.63) is 53.3 Å². The van der Waals surface area contributed by atoms with Gasteiger partial charge in [-0.15, -0.1) is 0 Å². The highest BCUT2D eigenvalue weighted by Gasteiger charge is 2.32. The Balaban J connectivity index is 1.50. The van der Waals surface area contributed by atoms with Crippen LogP contribution in [-0.2, 0) is 0 Å². The number of nitrogens with one attached hydrogen (secondary N) is 1. The highest BCUT2D eigenvalue weighted by molar-refractivity contribution is 6.22. The van der Waals surface area contributed by atoms with Crippen LogP contribution in [0.4, 0.5) is 4.39 Å². The van der Waals surface area contributed by atoms with Gasteiger partial charge in [0.2, 0.25) is 23.2 Å². The van der Waals surface area contributed by atoms with E-state index >= 15 is 0 Å². The van der Waals surface area contributed by atoms with Crippen LogP contribution in [0.5, 0.6) is 0 Å². The van der Waals surface area contributed by atoms with E-state index in [-0.39, 0.29) is 40.4 Å². The zero-order valence-electron chi connectivity index (χ0n) is 14.1. The number of hydrogen-bond acceptors (Lipinski definition) is 6. The lowest BCUT2D eigenvalue weighted by Gasteiger charge is -2.17. The van der Waals surface area contributed by atoms with Crippen LogP contribution >= 0.6 is 0 Å². The average molecular weight is 355 g/mol. The first-order valence-corrected chi connectivity index (χ1v) is 8.65. The Kier molecular flexibility index (Phi) is 4.38. The van der Waals surface area contributed by atoms with Crippen LogP contribution in [0, 0.1) is 5.82 Å². The van der Waals surface area contributed by atoms with Gasteiger partial charge in [-0.1, -0.05) is 0 Å². The van der Waals surface area contributed by atoms with Crippen LogP contribution in [0.3, 0.4) is 0 Å². The Bertz CT molecular complexity index is 880. The van der Waals surface area contributed by atoms with E-state index in [1.54, 1.807) is 0 Å². The molecule has 0 amide bonds. The largest absolute Gasteiger partial charge is 0.432 e. The molecule has 0 spiro atoms. The van der Waals surface area contributed by atoms with Gasteiger partial charge in [-0.05, 0) is 50.2 Å². The second kappa shape index (κ2) is 6.84. The lowest BCUT2D eigenvalue weighted by Crippen LogP contribution is -2.33. The maximum atomic E-state index is 13.1.